The van der Waals surface area contributed by atoms with Crippen LogP contribution >= 0.6 is 0 Å². The maximum Gasteiger partial charge on any atom is 0.136 e. The highest BCUT2D eigenvalue weighted by Gasteiger charge is 2.24. The molecule has 3 nitrogen and oxygen atoms in total. The summed E-state index contributed by atoms with van der Waals surface area (Å²) in [4.78, 5) is 2.40. The maximum absolute atomic E-state index is 6.54. The highest BCUT2D eigenvalue weighted by Crippen LogP contribution is 2.49. The van der Waals surface area contributed by atoms with E-state index in [9.17, 15) is 0 Å². The largest absolute Gasteiger partial charge is 0.456 e. The van der Waals surface area contributed by atoms with E-state index in [1.807, 2.05) is 18.2 Å². The van der Waals surface area contributed by atoms with E-state index in [0.717, 1.165) is 83.2 Å². The number of rotatable bonds is 6. The van der Waals surface area contributed by atoms with Crippen LogP contribution in [0.15, 0.2) is 209 Å². The third-order valence-corrected chi connectivity index (χ3v) is 10.9. The highest BCUT2D eigenvalue weighted by atomic mass is 16.3. The molecule has 0 bridgehead atoms. The molecule has 0 radical (unpaired) electrons. The minimum atomic E-state index is 0.861. The number of fused-ring (bicyclic) bond motifs is 7. The summed E-state index contributed by atoms with van der Waals surface area (Å²) < 4.78 is 12.9. The first-order chi connectivity index (χ1) is 27.3. The average molecular weight is 704 g/mol. The van der Waals surface area contributed by atoms with Gasteiger partial charge in [0.15, 0.2) is 0 Å². The van der Waals surface area contributed by atoms with Crippen molar-refractivity contribution in [2.75, 3.05) is 4.90 Å². The summed E-state index contributed by atoms with van der Waals surface area (Å²) in [7, 11) is 0. The summed E-state index contributed by atoms with van der Waals surface area (Å²) in [5.74, 6) is 0. The van der Waals surface area contributed by atoms with Crippen LogP contribution < -0.4 is 4.90 Å². The van der Waals surface area contributed by atoms with Crippen molar-refractivity contribution in [3.05, 3.63) is 200 Å². The average Bonchev–Trinajstić information content (AvgIpc) is 3.82. The lowest BCUT2D eigenvalue weighted by Crippen LogP contribution is -2.11. The smallest absolute Gasteiger partial charge is 0.136 e. The molecule has 2 heterocycles. The summed E-state index contributed by atoms with van der Waals surface area (Å²) in [5.41, 5.74) is 13.5. The predicted octanol–water partition coefficient (Wildman–Crippen LogP) is 15.1. The molecule has 3 heteroatoms. The number of hydrogen-bond acceptors (Lipinski definition) is 3. The molecule has 0 aliphatic carbocycles. The van der Waals surface area contributed by atoms with Crippen LogP contribution in [-0.2, 0) is 0 Å². The Kier molecular flexibility index (Phi) is 7.17. The van der Waals surface area contributed by atoms with Crippen LogP contribution in [0.1, 0.15) is 0 Å². The normalized spacial score (nSPS) is 11.6. The van der Waals surface area contributed by atoms with E-state index >= 15 is 0 Å². The monoisotopic (exact) mass is 703 g/mol. The molecule has 2 aromatic heterocycles. The minimum absolute atomic E-state index is 0.861. The molecule has 0 aliphatic rings. The molecule has 0 N–H and O–H groups in total. The lowest BCUT2D eigenvalue weighted by molar-refractivity contribution is 0.668. The minimum Gasteiger partial charge on any atom is -0.456 e. The van der Waals surface area contributed by atoms with Gasteiger partial charge in [-0.25, -0.2) is 0 Å². The van der Waals surface area contributed by atoms with Crippen LogP contribution in [-0.4, -0.2) is 0 Å². The van der Waals surface area contributed by atoms with Crippen LogP contribution in [0.2, 0.25) is 0 Å². The molecular weight excluding hydrogens is 671 g/mol. The van der Waals surface area contributed by atoms with Gasteiger partial charge in [0.1, 0.15) is 22.3 Å². The van der Waals surface area contributed by atoms with Gasteiger partial charge in [-0.2, -0.15) is 0 Å². The molecule has 0 fully saturated rings. The van der Waals surface area contributed by atoms with Gasteiger partial charge in [-0.15, -0.1) is 0 Å². The van der Waals surface area contributed by atoms with E-state index in [1.165, 1.54) is 21.9 Å². The number of hydrogen-bond donors (Lipinski definition) is 0. The quantitative estimate of drug-likeness (QED) is 0.173. The van der Waals surface area contributed by atoms with Crippen molar-refractivity contribution in [2.45, 2.75) is 0 Å². The van der Waals surface area contributed by atoms with Gasteiger partial charge in [0.25, 0.3) is 0 Å². The molecule has 0 atom stereocenters. The van der Waals surface area contributed by atoms with Crippen molar-refractivity contribution in [3.8, 4) is 33.4 Å². The van der Waals surface area contributed by atoms with Crippen LogP contribution in [0.4, 0.5) is 17.1 Å². The second-order valence-corrected chi connectivity index (χ2v) is 14.1. The van der Waals surface area contributed by atoms with Gasteiger partial charge in [-0.05, 0) is 99.3 Å². The Morgan fingerprint density at radius 2 is 0.927 bits per heavy atom. The van der Waals surface area contributed by atoms with Crippen LogP contribution in [0, 0.1) is 0 Å². The molecule has 0 spiro atoms. The second-order valence-electron chi connectivity index (χ2n) is 14.1. The molecule has 11 aromatic rings. The van der Waals surface area contributed by atoms with Crippen molar-refractivity contribution in [2.24, 2.45) is 0 Å². The van der Waals surface area contributed by atoms with Gasteiger partial charge in [-0.1, -0.05) is 140 Å². The Bertz CT molecular complexity index is 3200. The summed E-state index contributed by atoms with van der Waals surface area (Å²) in [6.07, 6.45) is 0. The second kappa shape index (κ2) is 12.6. The Labute approximate surface area is 317 Å². The summed E-state index contributed by atoms with van der Waals surface area (Å²) >= 11 is 0. The van der Waals surface area contributed by atoms with Crippen molar-refractivity contribution >= 4 is 71.7 Å². The van der Waals surface area contributed by atoms with Crippen LogP contribution in [0.25, 0.3) is 88.0 Å². The van der Waals surface area contributed by atoms with Crippen molar-refractivity contribution in [3.63, 3.8) is 0 Å². The fraction of sp³-hybridized carbons (Fsp3) is 0. The first kappa shape index (κ1) is 31.2. The lowest BCUT2D eigenvalue weighted by atomic mass is 9.92. The molecule has 0 amide bonds. The summed E-state index contributed by atoms with van der Waals surface area (Å²) in [5, 5.41) is 6.83. The third-order valence-electron chi connectivity index (χ3n) is 10.9. The Hall–Kier alpha value is -7.36. The zero-order chi connectivity index (χ0) is 36.3. The number of benzene rings is 9. The lowest BCUT2D eigenvalue weighted by Gasteiger charge is -2.29. The van der Waals surface area contributed by atoms with Gasteiger partial charge in [0, 0.05) is 38.5 Å². The van der Waals surface area contributed by atoms with Crippen LogP contribution in [0.3, 0.4) is 0 Å². The standard InChI is InChI=1S/C52H33NO2/c1-2-12-34(13-3-1)35-24-27-39(28-25-35)53(40-17-10-16-37(32-40)38-26-29-43-42-19-6-8-22-47(42)55-50(43)33-38)46-30-31-49-52(45-20-7-9-23-48(45)54-49)51(46)44-21-11-15-36-14-4-5-18-41(36)44/h1-33H. The van der Waals surface area contributed by atoms with Crippen molar-refractivity contribution < 1.29 is 8.83 Å². The fourth-order valence-corrected chi connectivity index (χ4v) is 8.30. The van der Waals surface area contributed by atoms with Gasteiger partial charge in [-0.3, -0.25) is 0 Å². The highest BCUT2D eigenvalue weighted by molar-refractivity contribution is 6.19. The zero-order valence-corrected chi connectivity index (χ0v) is 29.8. The molecular formula is C52H33NO2. The summed E-state index contributed by atoms with van der Waals surface area (Å²) in [6.45, 7) is 0. The van der Waals surface area contributed by atoms with Gasteiger partial charge >= 0.3 is 0 Å². The number of para-hydroxylation sites is 2. The maximum atomic E-state index is 6.54. The topological polar surface area (TPSA) is 29.5 Å². The van der Waals surface area contributed by atoms with E-state index < -0.39 is 0 Å². The Balaban J connectivity index is 1.17. The van der Waals surface area contributed by atoms with Crippen molar-refractivity contribution in [1.29, 1.82) is 0 Å². The fourth-order valence-electron chi connectivity index (χ4n) is 8.30. The first-order valence-corrected chi connectivity index (χ1v) is 18.7. The van der Waals surface area contributed by atoms with E-state index in [1.54, 1.807) is 0 Å². The predicted molar refractivity (Wildman–Crippen MR) is 229 cm³/mol. The molecule has 0 saturated carbocycles. The molecule has 9 aromatic carbocycles. The SMILES string of the molecule is c1ccc(-c2ccc(N(c3cccc(-c4ccc5c(c4)oc4ccccc45)c3)c3ccc4oc5ccccc5c4c3-c3cccc4ccccc34)cc2)cc1. The Morgan fingerprint density at radius 1 is 0.327 bits per heavy atom. The molecule has 11 rings (SSSR count). The van der Waals surface area contributed by atoms with Crippen LogP contribution in [0.5, 0.6) is 0 Å². The molecule has 0 unspecified atom stereocenters. The van der Waals surface area contributed by atoms with E-state index in [4.69, 9.17) is 8.83 Å². The van der Waals surface area contributed by atoms with E-state index in [0.29, 0.717) is 0 Å². The van der Waals surface area contributed by atoms with Gasteiger partial charge in [0.05, 0.1) is 5.69 Å². The van der Waals surface area contributed by atoms with Crippen molar-refractivity contribution in [1.82, 2.24) is 0 Å². The molecule has 55 heavy (non-hydrogen) atoms. The van der Waals surface area contributed by atoms with E-state index in [-0.39, 0.29) is 0 Å². The number of anilines is 3. The number of nitrogens with zero attached hydrogens (tertiary/aromatic N) is 1. The molecule has 258 valence electrons. The Morgan fingerprint density at radius 3 is 1.78 bits per heavy atom. The summed E-state index contributed by atoms with van der Waals surface area (Å²) in [6, 6.07) is 71.1. The van der Waals surface area contributed by atoms with Gasteiger partial charge in [0.2, 0.25) is 0 Å². The zero-order valence-electron chi connectivity index (χ0n) is 29.8. The molecule has 0 aliphatic heterocycles. The first-order valence-electron chi connectivity index (χ1n) is 18.7. The number of furan rings is 2. The van der Waals surface area contributed by atoms with Gasteiger partial charge < -0.3 is 13.7 Å². The van der Waals surface area contributed by atoms with E-state index in [2.05, 4.69) is 187 Å². The molecule has 0 saturated heterocycles. The third kappa shape index (κ3) is 5.20.